The molecule has 1 aromatic heterocycles. The van der Waals surface area contributed by atoms with Crippen LogP contribution in [0.2, 0.25) is 0 Å². The lowest BCUT2D eigenvalue weighted by Gasteiger charge is -2.12. The summed E-state index contributed by atoms with van der Waals surface area (Å²) in [6, 6.07) is 15.9. The van der Waals surface area contributed by atoms with Gasteiger partial charge in [0.25, 0.3) is 5.91 Å². The van der Waals surface area contributed by atoms with Crippen molar-refractivity contribution >= 4 is 17.3 Å². The zero-order valence-electron chi connectivity index (χ0n) is 16.5. The second kappa shape index (κ2) is 9.04. The van der Waals surface area contributed by atoms with Crippen LogP contribution in [0.4, 0.5) is 11.4 Å². The minimum Gasteiger partial charge on any atom is -0.496 e. The number of benzene rings is 2. The molecule has 1 heterocycles. The Morgan fingerprint density at radius 3 is 2.71 bits per heavy atom. The number of carbonyl (C=O) groups excluding carboxylic acids is 1. The molecular weight excluding hydrogens is 350 g/mol. The summed E-state index contributed by atoms with van der Waals surface area (Å²) < 4.78 is 5.35. The molecule has 0 aliphatic rings. The first kappa shape index (κ1) is 19.4. The van der Waals surface area contributed by atoms with Gasteiger partial charge in [0.15, 0.2) is 0 Å². The van der Waals surface area contributed by atoms with Crippen LogP contribution in [-0.4, -0.2) is 24.5 Å². The molecule has 2 aromatic carbocycles. The summed E-state index contributed by atoms with van der Waals surface area (Å²) in [5.41, 5.74) is 5.69. The number of para-hydroxylation sites is 1. The summed E-state index contributed by atoms with van der Waals surface area (Å²) in [5, 5.41) is 6.29. The number of hydrogen-bond donors (Lipinski definition) is 2. The van der Waals surface area contributed by atoms with E-state index in [0.717, 1.165) is 28.3 Å². The Morgan fingerprint density at radius 1 is 1.07 bits per heavy atom. The van der Waals surface area contributed by atoms with Crippen molar-refractivity contribution in [2.24, 2.45) is 0 Å². The Kier molecular flexibility index (Phi) is 6.27. The number of methoxy groups -OCH3 is 1. The first-order valence-corrected chi connectivity index (χ1v) is 9.26. The van der Waals surface area contributed by atoms with Crippen molar-refractivity contribution in [1.82, 2.24) is 10.3 Å². The van der Waals surface area contributed by atoms with Gasteiger partial charge in [0.2, 0.25) is 0 Å². The Morgan fingerprint density at radius 2 is 1.89 bits per heavy atom. The first-order valence-electron chi connectivity index (χ1n) is 9.26. The molecule has 0 saturated heterocycles. The van der Waals surface area contributed by atoms with Gasteiger partial charge in [-0.05, 0) is 55.2 Å². The molecule has 0 aliphatic carbocycles. The van der Waals surface area contributed by atoms with E-state index in [1.165, 1.54) is 5.56 Å². The molecule has 144 valence electrons. The van der Waals surface area contributed by atoms with Crippen molar-refractivity contribution < 1.29 is 9.53 Å². The van der Waals surface area contributed by atoms with Gasteiger partial charge < -0.3 is 15.4 Å². The third-order valence-electron chi connectivity index (χ3n) is 4.54. The molecule has 0 spiro atoms. The summed E-state index contributed by atoms with van der Waals surface area (Å²) in [5.74, 6) is 0.685. The van der Waals surface area contributed by atoms with Gasteiger partial charge in [-0.1, -0.05) is 30.3 Å². The van der Waals surface area contributed by atoms with Crippen LogP contribution in [0.15, 0.2) is 60.9 Å². The van der Waals surface area contributed by atoms with Crippen LogP contribution in [0.25, 0.3) is 0 Å². The maximum absolute atomic E-state index is 12.5. The van der Waals surface area contributed by atoms with Crippen molar-refractivity contribution in [3.05, 3.63) is 83.2 Å². The van der Waals surface area contributed by atoms with Crippen LogP contribution >= 0.6 is 0 Å². The highest BCUT2D eigenvalue weighted by molar-refractivity contribution is 5.94. The van der Waals surface area contributed by atoms with Gasteiger partial charge in [0.05, 0.1) is 24.6 Å². The minimum atomic E-state index is -0.146. The van der Waals surface area contributed by atoms with Crippen molar-refractivity contribution in [2.75, 3.05) is 19.0 Å². The summed E-state index contributed by atoms with van der Waals surface area (Å²) in [6.07, 6.45) is 3.99. The maximum atomic E-state index is 12.5. The predicted octanol–water partition coefficient (Wildman–Crippen LogP) is 4.42. The lowest BCUT2D eigenvalue weighted by Crippen LogP contribution is -2.26. The average molecular weight is 375 g/mol. The predicted molar refractivity (Wildman–Crippen MR) is 112 cm³/mol. The molecule has 0 fully saturated rings. The molecule has 3 aromatic rings. The second-order valence-corrected chi connectivity index (χ2v) is 6.72. The molecule has 0 unspecified atom stereocenters. The van der Waals surface area contributed by atoms with Gasteiger partial charge in [-0.3, -0.25) is 9.78 Å². The number of pyridine rings is 1. The lowest BCUT2D eigenvalue weighted by molar-refractivity contribution is 0.0953. The fourth-order valence-electron chi connectivity index (χ4n) is 2.98. The number of carbonyl (C=O) groups is 1. The summed E-state index contributed by atoms with van der Waals surface area (Å²) in [7, 11) is 1.65. The molecule has 3 rings (SSSR count). The SMILES string of the molecule is COc1ccccc1CCNC(=O)c1cncc(Nc2cc(C)ccc2C)c1. The Bertz CT molecular complexity index is 970. The van der Waals surface area contributed by atoms with Crippen LogP contribution in [0.3, 0.4) is 0 Å². The van der Waals surface area contributed by atoms with Gasteiger partial charge in [0.1, 0.15) is 5.75 Å². The molecule has 0 saturated carbocycles. The zero-order valence-corrected chi connectivity index (χ0v) is 16.5. The highest BCUT2D eigenvalue weighted by atomic mass is 16.5. The fraction of sp³-hybridized carbons (Fsp3) is 0.217. The maximum Gasteiger partial charge on any atom is 0.252 e. The van der Waals surface area contributed by atoms with E-state index in [-0.39, 0.29) is 5.91 Å². The highest BCUT2D eigenvalue weighted by Crippen LogP contribution is 2.22. The average Bonchev–Trinajstić information content (AvgIpc) is 2.71. The molecule has 1 amide bonds. The topological polar surface area (TPSA) is 63.2 Å². The summed E-state index contributed by atoms with van der Waals surface area (Å²) in [6.45, 7) is 4.62. The third kappa shape index (κ3) is 4.88. The van der Waals surface area contributed by atoms with Crippen LogP contribution in [-0.2, 0) is 6.42 Å². The number of ether oxygens (including phenoxy) is 1. The molecule has 0 radical (unpaired) electrons. The number of aryl methyl sites for hydroxylation is 2. The number of nitrogens with one attached hydrogen (secondary N) is 2. The van der Waals surface area contributed by atoms with Crippen molar-refractivity contribution in [2.45, 2.75) is 20.3 Å². The van der Waals surface area contributed by atoms with Gasteiger partial charge in [-0.25, -0.2) is 0 Å². The number of anilines is 2. The molecule has 28 heavy (non-hydrogen) atoms. The lowest BCUT2D eigenvalue weighted by atomic mass is 10.1. The summed E-state index contributed by atoms with van der Waals surface area (Å²) >= 11 is 0. The van der Waals surface area contributed by atoms with E-state index in [9.17, 15) is 4.79 Å². The zero-order chi connectivity index (χ0) is 19.9. The largest absolute Gasteiger partial charge is 0.496 e. The van der Waals surface area contributed by atoms with E-state index in [1.807, 2.05) is 37.3 Å². The fourth-order valence-corrected chi connectivity index (χ4v) is 2.98. The van der Waals surface area contributed by atoms with E-state index in [0.29, 0.717) is 18.5 Å². The third-order valence-corrected chi connectivity index (χ3v) is 4.54. The molecule has 5 nitrogen and oxygen atoms in total. The van der Waals surface area contributed by atoms with Crippen molar-refractivity contribution in [3.8, 4) is 5.75 Å². The number of aromatic nitrogens is 1. The smallest absolute Gasteiger partial charge is 0.252 e. The van der Waals surface area contributed by atoms with Crippen LogP contribution in [0.5, 0.6) is 5.75 Å². The monoisotopic (exact) mass is 375 g/mol. The van der Waals surface area contributed by atoms with Crippen molar-refractivity contribution in [3.63, 3.8) is 0 Å². The Labute approximate surface area is 165 Å². The van der Waals surface area contributed by atoms with Gasteiger partial charge in [0, 0.05) is 18.4 Å². The van der Waals surface area contributed by atoms with E-state index in [4.69, 9.17) is 4.74 Å². The molecule has 0 atom stereocenters. The molecule has 0 bridgehead atoms. The normalized spacial score (nSPS) is 10.4. The highest BCUT2D eigenvalue weighted by Gasteiger charge is 2.09. The standard InChI is InChI=1S/C23H25N3O2/c1-16-8-9-17(2)21(12-16)26-20-13-19(14-24-15-20)23(27)25-11-10-18-6-4-5-7-22(18)28-3/h4-9,12-15,26H,10-11H2,1-3H3,(H,25,27). The molecule has 2 N–H and O–H groups in total. The minimum absolute atomic E-state index is 0.146. The first-order chi connectivity index (χ1) is 13.6. The number of amides is 1. The van der Waals surface area contributed by atoms with Gasteiger partial charge >= 0.3 is 0 Å². The van der Waals surface area contributed by atoms with Crippen LogP contribution < -0.4 is 15.4 Å². The van der Waals surface area contributed by atoms with Gasteiger partial charge in [-0.15, -0.1) is 0 Å². The van der Waals surface area contributed by atoms with E-state index >= 15 is 0 Å². The van der Waals surface area contributed by atoms with Crippen LogP contribution in [0.1, 0.15) is 27.0 Å². The Hall–Kier alpha value is -3.34. The number of nitrogens with zero attached hydrogens (tertiary/aromatic N) is 1. The molecule has 5 heteroatoms. The second-order valence-electron chi connectivity index (χ2n) is 6.72. The summed E-state index contributed by atoms with van der Waals surface area (Å²) in [4.78, 5) is 16.7. The van der Waals surface area contributed by atoms with E-state index < -0.39 is 0 Å². The quantitative estimate of drug-likeness (QED) is 0.641. The van der Waals surface area contributed by atoms with Crippen LogP contribution in [0, 0.1) is 13.8 Å². The number of hydrogen-bond acceptors (Lipinski definition) is 4. The Balaban J connectivity index is 1.63. The van der Waals surface area contributed by atoms with Crippen molar-refractivity contribution in [1.29, 1.82) is 0 Å². The van der Waals surface area contributed by atoms with Gasteiger partial charge in [-0.2, -0.15) is 0 Å². The van der Waals surface area contributed by atoms with E-state index in [2.05, 4.69) is 40.7 Å². The van der Waals surface area contributed by atoms with E-state index in [1.54, 1.807) is 19.5 Å². The molecule has 0 aliphatic heterocycles. The number of rotatable bonds is 7. The molecular formula is C23H25N3O2.